The monoisotopic (exact) mass is 305 g/mol. The van der Waals surface area contributed by atoms with Crippen LogP contribution in [0.1, 0.15) is 0 Å². The number of aromatic nitrogens is 3. The minimum Gasteiger partial charge on any atom is -0.436 e. The summed E-state index contributed by atoms with van der Waals surface area (Å²) in [6, 6.07) is 15.8. The van der Waals surface area contributed by atoms with Gasteiger partial charge in [-0.15, -0.1) is 11.3 Å². The van der Waals surface area contributed by atoms with Gasteiger partial charge in [-0.2, -0.15) is 0 Å². The Kier molecular flexibility index (Phi) is 3.25. The van der Waals surface area contributed by atoms with Gasteiger partial charge in [0, 0.05) is 5.56 Å². The predicted octanol–water partition coefficient (Wildman–Crippen LogP) is 4.55. The first-order chi connectivity index (χ1) is 10.9. The van der Waals surface area contributed by atoms with Crippen LogP contribution in [0.15, 0.2) is 66.4 Å². The Labute approximate surface area is 131 Å². The molecule has 0 saturated heterocycles. The van der Waals surface area contributed by atoms with Gasteiger partial charge in [0.05, 0.1) is 17.4 Å². The zero-order valence-electron chi connectivity index (χ0n) is 11.5. The second-order valence-corrected chi connectivity index (χ2v) is 5.58. The molecule has 0 spiro atoms. The SMILES string of the molecule is c1ccc(-c2ccc(Oc3ncnc4ccsc34)cn2)cc1. The van der Waals surface area contributed by atoms with E-state index in [-0.39, 0.29) is 0 Å². The highest BCUT2D eigenvalue weighted by Gasteiger charge is 2.08. The van der Waals surface area contributed by atoms with Gasteiger partial charge in [0.15, 0.2) is 0 Å². The van der Waals surface area contributed by atoms with E-state index in [1.165, 1.54) is 6.33 Å². The molecule has 0 amide bonds. The number of pyridine rings is 1. The minimum absolute atomic E-state index is 0.564. The summed E-state index contributed by atoms with van der Waals surface area (Å²) in [6.45, 7) is 0. The lowest BCUT2D eigenvalue weighted by molar-refractivity contribution is 0.467. The molecule has 4 nitrogen and oxygen atoms in total. The third kappa shape index (κ3) is 2.42. The molecule has 0 aliphatic heterocycles. The summed E-state index contributed by atoms with van der Waals surface area (Å²) in [5.41, 5.74) is 2.89. The maximum atomic E-state index is 5.84. The average molecular weight is 305 g/mol. The molecule has 4 rings (SSSR count). The molecule has 0 radical (unpaired) electrons. The fraction of sp³-hybridized carbons (Fsp3) is 0. The smallest absolute Gasteiger partial charge is 0.240 e. The first-order valence-corrected chi connectivity index (χ1v) is 7.66. The van der Waals surface area contributed by atoms with E-state index >= 15 is 0 Å². The number of hydrogen-bond acceptors (Lipinski definition) is 5. The van der Waals surface area contributed by atoms with Crippen molar-refractivity contribution in [1.82, 2.24) is 15.0 Å². The van der Waals surface area contributed by atoms with Crippen LogP contribution in [-0.4, -0.2) is 15.0 Å². The molecule has 0 N–H and O–H groups in total. The maximum absolute atomic E-state index is 5.84. The molecule has 106 valence electrons. The van der Waals surface area contributed by atoms with Crippen molar-refractivity contribution in [3.63, 3.8) is 0 Å². The van der Waals surface area contributed by atoms with Crippen LogP contribution in [0.3, 0.4) is 0 Å². The molecule has 4 aromatic rings. The second kappa shape index (κ2) is 5.54. The highest BCUT2D eigenvalue weighted by Crippen LogP contribution is 2.30. The molecule has 5 heteroatoms. The van der Waals surface area contributed by atoms with E-state index in [1.807, 2.05) is 53.9 Å². The summed E-state index contributed by atoms with van der Waals surface area (Å²) in [7, 11) is 0. The first kappa shape index (κ1) is 12.9. The summed E-state index contributed by atoms with van der Waals surface area (Å²) in [5.74, 6) is 1.22. The van der Waals surface area contributed by atoms with Gasteiger partial charge in [-0.05, 0) is 23.6 Å². The topological polar surface area (TPSA) is 47.9 Å². The number of rotatable bonds is 3. The standard InChI is InChI=1S/C17H11N3OS/c1-2-4-12(5-3-1)14-7-6-13(10-18-14)21-17-16-15(8-9-22-16)19-11-20-17/h1-11H. The lowest BCUT2D eigenvalue weighted by atomic mass is 10.1. The van der Waals surface area contributed by atoms with Crippen molar-refractivity contribution in [3.05, 3.63) is 66.4 Å². The van der Waals surface area contributed by atoms with Gasteiger partial charge in [0.2, 0.25) is 5.88 Å². The third-order valence-electron chi connectivity index (χ3n) is 3.23. The molecule has 0 bridgehead atoms. The molecular weight excluding hydrogens is 294 g/mol. The predicted molar refractivity (Wildman–Crippen MR) is 87.2 cm³/mol. The number of benzene rings is 1. The fourth-order valence-electron chi connectivity index (χ4n) is 2.17. The molecular formula is C17H11N3OS. The van der Waals surface area contributed by atoms with Crippen LogP contribution in [0.4, 0.5) is 0 Å². The van der Waals surface area contributed by atoms with E-state index < -0.39 is 0 Å². The molecule has 0 aliphatic carbocycles. The summed E-state index contributed by atoms with van der Waals surface area (Å²) >= 11 is 1.56. The summed E-state index contributed by atoms with van der Waals surface area (Å²) in [4.78, 5) is 12.9. The lowest BCUT2D eigenvalue weighted by Crippen LogP contribution is -1.90. The first-order valence-electron chi connectivity index (χ1n) is 6.78. The van der Waals surface area contributed by atoms with E-state index in [0.717, 1.165) is 21.5 Å². The summed E-state index contributed by atoms with van der Waals surface area (Å²) in [6.07, 6.45) is 3.22. The van der Waals surface area contributed by atoms with Crippen LogP contribution < -0.4 is 4.74 Å². The number of ether oxygens (including phenoxy) is 1. The highest BCUT2D eigenvalue weighted by atomic mass is 32.1. The van der Waals surface area contributed by atoms with E-state index in [1.54, 1.807) is 17.5 Å². The quantitative estimate of drug-likeness (QED) is 0.557. The molecule has 0 saturated carbocycles. The van der Waals surface area contributed by atoms with Crippen LogP contribution >= 0.6 is 11.3 Å². The molecule has 0 atom stereocenters. The zero-order chi connectivity index (χ0) is 14.8. The minimum atomic E-state index is 0.564. The molecule has 22 heavy (non-hydrogen) atoms. The van der Waals surface area contributed by atoms with Gasteiger partial charge in [0.25, 0.3) is 0 Å². The Morgan fingerprint density at radius 1 is 0.864 bits per heavy atom. The molecule has 3 aromatic heterocycles. The Balaban J connectivity index is 1.63. The maximum Gasteiger partial charge on any atom is 0.240 e. The Morgan fingerprint density at radius 2 is 1.77 bits per heavy atom. The fourth-order valence-corrected chi connectivity index (χ4v) is 2.94. The van der Waals surface area contributed by atoms with Crippen molar-refractivity contribution in [1.29, 1.82) is 0 Å². The highest BCUT2D eigenvalue weighted by molar-refractivity contribution is 7.17. The molecule has 0 aliphatic rings. The summed E-state index contributed by atoms with van der Waals surface area (Å²) < 4.78 is 6.78. The Hall–Kier alpha value is -2.79. The van der Waals surface area contributed by atoms with Gasteiger partial charge in [-0.25, -0.2) is 9.97 Å². The Bertz CT molecular complexity index is 904. The van der Waals surface area contributed by atoms with Gasteiger partial charge in [-0.1, -0.05) is 30.3 Å². The number of thiophene rings is 1. The van der Waals surface area contributed by atoms with Crippen molar-refractivity contribution in [2.24, 2.45) is 0 Å². The molecule has 0 unspecified atom stereocenters. The van der Waals surface area contributed by atoms with E-state index in [9.17, 15) is 0 Å². The van der Waals surface area contributed by atoms with Crippen LogP contribution in [0.2, 0.25) is 0 Å². The van der Waals surface area contributed by atoms with Gasteiger partial charge >= 0.3 is 0 Å². The van der Waals surface area contributed by atoms with Crippen LogP contribution in [-0.2, 0) is 0 Å². The van der Waals surface area contributed by atoms with Crippen LogP contribution in [0, 0.1) is 0 Å². The van der Waals surface area contributed by atoms with E-state index in [0.29, 0.717) is 11.6 Å². The van der Waals surface area contributed by atoms with E-state index in [4.69, 9.17) is 4.74 Å². The van der Waals surface area contributed by atoms with Crippen molar-refractivity contribution in [2.75, 3.05) is 0 Å². The zero-order valence-corrected chi connectivity index (χ0v) is 12.3. The molecule has 3 heterocycles. The second-order valence-electron chi connectivity index (χ2n) is 4.66. The Morgan fingerprint density at radius 3 is 2.59 bits per heavy atom. The van der Waals surface area contributed by atoms with E-state index in [2.05, 4.69) is 15.0 Å². The number of fused-ring (bicyclic) bond motifs is 1. The number of hydrogen-bond donors (Lipinski definition) is 0. The lowest BCUT2D eigenvalue weighted by Gasteiger charge is -2.06. The molecule has 1 aromatic carbocycles. The van der Waals surface area contributed by atoms with Crippen molar-refractivity contribution in [2.45, 2.75) is 0 Å². The van der Waals surface area contributed by atoms with Gasteiger partial charge in [0.1, 0.15) is 16.8 Å². The van der Waals surface area contributed by atoms with Crippen molar-refractivity contribution >= 4 is 21.6 Å². The van der Waals surface area contributed by atoms with Crippen LogP contribution in [0.25, 0.3) is 21.5 Å². The van der Waals surface area contributed by atoms with Gasteiger partial charge < -0.3 is 4.74 Å². The summed E-state index contributed by atoms with van der Waals surface area (Å²) in [5, 5.41) is 1.98. The third-order valence-corrected chi connectivity index (χ3v) is 4.12. The largest absolute Gasteiger partial charge is 0.436 e. The number of nitrogens with zero attached hydrogens (tertiary/aromatic N) is 3. The normalized spacial score (nSPS) is 10.7. The average Bonchev–Trinajstić information content (AvgIpc) is 3.06. The van der Waals surface area contributed by atoms with Crippen molar-refractivity contribution in [3.8, 4) is 22.9 Å². The van der Waals surface area contributed by atoms with Gasteiger partial charge in [-0.3, -0.25) is 4.98 Å². The molecule has 0 fully saturated rings. The van der Waals surface area contributed by atoms with Crippen LogP contribution in [0.5, 0.6) is 11.6 Å². The van der Waals surface area contributed by atoms with Crippen molar-refractivity contribution < 1.29 is 4.74 Å².